The molecule has 0 saturated carbocycles. The van der Waals surface area contributed by atoms with Crippen molar-refractivity contribution in [3.63, 3.8) is 0 Å². The summed E-state index contributed by atoms with van der Waals surface area (Å²) in [6.07, 6.45) is 7.23. The number of aliphatic hydroxyl groups excluding tert-OH is 1. The number of urea groups is 1. The van der Waals surface area contributed by atoms with E-state index < -0.39 is 0 Å². The third-order valence-electron chi connectivity index (χ3n) is 2.72. The second kappa shape index (κ2) is 8.17. The summed E-state index contributed by atoms with van der Waals surface area (Å²) in [7, 11) is 0. The van der Waals surface area contributed by atoms with E-state index in [9.17, 15) is 4.79 Å². The van der Waals surface area contributed by atoms with E-state index in [0.29, 0.717) is 18.8 Å². The van der Waals surface area contributed by atoms with Crippen molar-refractivity contribution in [3.8, 4) is 12.3 Å². The third kappa shape index (κ3) is 5.02. The van der Waals surface area contributed by atoms with Gasteiger partial charge in [-0.25, -0.2) is 4.79 Å². The maximum Gasteiger partial charge on any atom is 0.321 e. The lowest BCUT2D eigenvalue weighted by molar-refractivity contribution is 0.187. The molecule has 1 rings (SSSR count). The number of aliphatic hydroxyl groups is 1. The SMILES string of the molecule is C#Cc1cccc(NC(=O)N(CCO)CCCC)c1. The number of carbonyl (C=O) groups is 1. The zero-order valence-corrected chi connectivity index (χ0v) is 11.2. The third-order valence-corrected chi connectivity index (χ3v) is 2.72. The minimum atomic E-state index is -0.211. The van der Waals surface area contributed by atoms with Gasteiger partial charge in [-0.05, 0) is 24.6 Å². The van der Waals surface area contributed by atoms with E-state index in [1.165, 1.54) is 0 Å². The molecule has 4 heteroatoms. The molecule has 1 aromatic carbocycles. The summed E-state index contributed by atoms with van der Waals surface area (Å²) in [5.74, 6) is 2.52. The van der Waals surface area contributed by atoms with Crippen LogP contribution in [0.3, 0.4) is 0 Å². The summed E-state index contributed by atoms with van der Waals surface area (Å²) < 4.78 is 0. The molecule has 0 aromatic heterocycles. The predicted molar refractivity (Wildman–Crippen MR) is 77.0 cm³/mol. The lowest BCUT2D eigenvalue weighted by Gasteiger charge is -2.22. The molecule has 0 bridgehead atoms. The number of rotatable bonds is 6. The molecule has 4 nitrogen and oxygen atoms in total. The second-order valence-corrected chi connectivity index (χ2v) is 4.22. The van der Waals surface area contributed by atoms with Crippen LogP contribution in [0.25, 0.3) is 0 Å². The zero-order chi connectivity index (χ0) is 14.1. The van der Waals surface area contributed by atoms with Gasteiger partial charge in [0.15, 0.2) is 0 Å². The van der Waals surface area contributed by atoms with Crippen molar-refractivity contribution in [1.82, 2.24) is 4.90 Å². The molecule has 0 saturated heterocycles. The summed E-state index contributed by atoms with van der Waals surface area (Å²) in [5, 5.41) is 11.8. The molecule has 2 amide bonds. The summed E-state index contributed by atoms with van der Waals surface area (Å²) in [4.78, 5) is 13.7. The molecule has 0 spiro atoms. The summed E-state index contributed by atoms with van der Waals surface area (Å²) >= 11 is 0. The fourth-order valence-corrected chi connectivity index (χ4v) is 1.67. The molecule has 0 atom stereocenters. The largest absolute Gasteiger partial charge is 0.395 e. The van der Waals surface area contributed by atoms with Gasteiger partial charge in [0, 0.05) is 24.3 Å². The van der Waals surface area contributed by atoms with Gasteiger partial charge in [-0.1, -0.05) is 25.3 Å². The number of terminal acetylenes is 1. The van der Waals surface area contributed by atoms with E-state index >= 15 is 0 Å². The Kier molecular flexibility index (Phi) is 6.48. The molecule has 19 heavy (non-hydrogen) atoms. The summed E-state index contributed by atoms with van der Waals surface area (Å²) in [6, 6.07) is 6.92. The standard InChI is InChI=1S/C15H20N2O2/c1-3-5-9-17(10-11-18)15(19)16-14-8-6-7-13(4-2)12-14/h2,6-8,12,18H,3,5,9-11H2,1H3,(H,16,19). The first-order chi connectivity index (χ1) is 9.21. The minimum absolute atomic E-state index is 0.0401. The topological polar surface area (TPSA) is 52.6 Å². The Hall–Kier alpha value is -1.99. The highest BCUT2D eigenvalue weighted by Gasteiger charge is 2.12. The van der Waals surface area contributed by atoms with Gasteiger partial charge in [-0.3, -0.25) is 0 Å². The second-order valence-electron chi connectivity index (χ2n) is 4.22. The van der Waals surface area contributed by atoms with Crippen LogP contribution in [-0.2, 0) is 0 Å². The average Bonchev–Trinajstić information content (AvgIpc) is 2.43. The molecule has 0 heterocycles. The van der Waals surface area contributed by atoms with Crippen molar-refractivity contribution in [2.45, 2.75) is 19.8 Å². The van der Waals surface area contributed by atoms with Gasteiger partial charge >= 0.3 is 6.03 Å². The van der Waals surface area contributed by atoms with E-state index in [1.807, 2.05) is 0 Å². The van der Waals surface area contributed by atoms with Crippen molar-refractivity contribution in [2.75, 3.05) is 25.0 Å². The first-order valence-corrected chi connectivity index (χ1v) is 6.44. The van der Waals surface area contributed by atoms with Gasteiger partial charge in [-0.15, -0.1) is 6.42 Å². The van der Waals surface area contributed by atoms with Crippen LogP contribution in [0.4, 0.5) is 10.5 Å². The van der Waals surface area contributed by atoms with Crippen LogP contribution in [0.2, 0.25) is 0 Å². The van der Waals surface area contributed by atoms with Gasteiger partial charge in [0.1, 0.15) is 0 Å². The highest BCUT2D eigenvalue weighted by atomic mass is 16.3. The molecule has 0 radical (unpaired) electrons. The van der Waals surface area contributed by atoms with Crippen molar-refractivity contribution in [3.05, 3.63) is 29.8 Å². The van der Waals surface area contributed by atoms with Crippen LogP contribution in [-0.4, -0.2) is 35.7 Å². The van der Waals surface area contributed by atoms with Crippen LogP contribution in [0.1, 0.15) is 25.3 Å². The fourth-order valence-electron chi connectivity index (χ4n) is 1.67. The van der Waals surface area contributed by atoms with Gasteiger partial charge in [0.05, 0.1) is 6.61 Å². The van der Waals surface area contributed by atoms with Gasteiger partial charge in [-0.2, -0.15) is 0 Å². The van der Waals surface area contributed by atoms with Crippen molar-refractivity contribution in [2.24, 2.45) is 0 Å². The van der Waals surface area contributed by atoms with Gasteiger partial charge in [0.2, 0.25) is 0 Å². The van der Waals surface area contributed by atoms with Gasteiger partial charge in [0.25, 0.3) is 0 Å². The number of anilines is 1. The first kappa shape index (κ1) is 15.1. The van der Waals surface area contributed by atoms with Crippen molar-refractivity contribution < 1.29 is 9.90 Å². The molecular formula is C15H20N2O2. The fraction of sp³-hybridized carbons (Fsp3) is 0.400. The molecule has 0 aliphatic heterocycles. The average molecular weight is 260 g/mol. The molecule has 0 fully saturated rings. The summed E-state index contributed by atoms with van der Waals surface area (Å²) in [5.41, 5.74) is 1.39. The Balaban J connectivity index is 2.66. The maximum absolute atomic E-state index is 12.1. The van der Waals surface area contributed by atoms with Crippen LogP contribution in [0.15, 0.2) is 24.3 Å². The Labute approximate surface area is 114 Å². The van der Waals surface area contributed by atoms with Gasteiger partial charge < -0.3 is 15.3 Å². The molecule has 0 unspecified atom stereocenters. The molecular weight excluding hydrogens is 240 g/mol. The lowest BCUT2D eigenvalue weighted by Crippen LogP contribution is -2.37. The van der Waals surface area contributed by atoms with Crippen LogP contribution >= 0.6 is 0 Å². The Morgan fingerprint density at radius 3 is 2.89 bits per heavy atom. The Morgan fingerprint density at radius 1 is 1.47 bits per heavy atom. The minimum Gasteiger partial charge on any atom is -0.395 e. The molecule has 1 aromatic rings. The molecule has 2 N–H and O–H groups in total. The van der Waals surface area contributed by atoms with Crippen molar-refractivity contribution in [1.29, 1.82) is 0 Å². The van der Waals surface area contributed by atoms with Crippen LogP contribution in [0, 0.1) is 12.3 Å². The molecule has 0 aliphatic carbocycles. The number of hydrogen-bond donors (Lipinski definition) is 2. The first-order valence-electron chi connectivity index (χ1n) is 6.44. The van der Waals surface area contributed by atoms with E-state index in [0.717, 1.165) is 18.4 Å². The maximum atomic E-state index is 12.1. The number of carbonyl (C=O) groups excluding carboxylic acids is 1. The Bertz CT molecular complexity index is 452. The number of nitrogens with zero attached hydrogens (tertiary/aromatic N) is 1. The highest BCUT2D eigenvalue weighted by molar-refractivity contribution is 5.89. The normalized spacial score (nSPS) is 9.74. The predicted octanol–water partition coefficient (Wildman–Crippen LogP) is 2.29. The summed E-state index contributed by atoms with van der Waals surface area (Å²) in [6.45, 7) is 2.99. The van der Waals surface area contributed by atoms with E-state index in [1.54, 1.807) is 29.2 Å². The number of hydrogen-bond acceptors (Lipinski definition) is 2. The van der Waals surface area contributed by atoms with Crippen LogP contribution in [0.5, 0.6) is 0 Å². The number of benzene rings is 1. The van der Waals surface area contributed by atoms with Crippen molar-refractivity contribution >= 4 is 11.7 Å². The van der Waals surface area contributed by atoms with E-state index in [-0.39, 0.29) is 12.6 Å². The van der Waals surface area contributed by atoms with E-state index in [2.05, 4.69) is 18.2 Å². The zero-order valence-electron chi connectivity index (χ0n) is 11.2. The quantitative estimate of drug-likeness (QED) is 0.771. The number of unbranched alkanes of at least 4 members (excludes halogenated alkanes) is 1. The van der Waals surface area contributed by atoms with E-state index in [4.69, 9.17) is 11.5 Å². The van der Waals surface area contributed by atoms with Crippen LogP contribution < -0.4 is 5.32 Å². The Morgan fingerprint density at radius 2 is 2.26 bits per heavy atom. The number of nitrogens with one attached hydrogen (secondary N) is 1. The highest BCUT2D eigenvalue weighted by Crippen LogP contribution is 2.11. The lowest BCUT2D eigenvalue weighted by atomic mass is 10.2. The molecule has 0 aliphatic rings. The smallest absolute Gasteiger partial charge is 0.321 e. The monoisotopic (exact) mass is 260 g/mol. The molecule has 102 valence electrons. The number of amides is 2.